The maximum atomic E-state index is 12.5. The lowest BCUT2D eigenvalue weighted by atomic mass is 10.1. The van der Waals surface area contributed by atoms with Gasteiger partial charge in [-0.3, -0.25) is 9.59 Å². The average molecular weight is 446 g/mol. The average Bonchev–Trinajstić information content (AvgIpc) is 3.14. The van der Waals surface area contributed by atoms with Gasteiger partial charge in [0.25, 0.3) is 5.91 Å². The first-order chi connectivity index (χ1) is 15.1. The minimum Gasteiger partial charge on any atom is -0.444 e. The number of nitrogen functional groups attached to an aromatic ring is 1. The van der Waals surface area contributed by atoms with Crippen molar-refractivity contribution in [3.63, 3.8) is 0 Å². The van der Waals surface area contributed by atoms with Crippen molar-refractivity contribution >= 4 is 29.3 Å². The molecule has 0 unspecified atom stereocenters. The molecule has 1 aromatic carbocycles. The third kappa shape index (κ3) is 6.27. The van der Waals surface area contributed by atoms with E-state index in [1.54, 1.807) is 17.0 Å². The third-order valence-corrected chi connectivity index (χ3v) is 5.62. The van der Waals surface area contributed by atoms with Crippen LogP contribution in [-0.4, -0.2) is 79.1 Å². The van der Waals surface area contributed by atoms with Crippen LogP contribution in [0.2, 0.25) is 0 Å². The monoisotopic (exact) mass is 445 g/mol. The lowest BCUT2D eigenvalue weighted by Gasteiger charge is -2.37. The predicted octanol–water partition coefficient (Wildman–Crippen LogP) is 2.07. The van der Waals surface area contributed by atoms with E-state index in [4.69, 9.17) is 10.5 Å². The maximum Gasteiger partial charge on any atom is 0.410 e. The van der Waals surface area contributed by atoms with Crippen molar-refractivity contribution in [1.29, 1.82) is 0 Å². The Balaban J connectivity index is 1.47. The summed E-state index contributed by atoms with van der Waals surface area (Å²) >= 11 is 0. The molecule has 176 valence electrons. The fourth-order valence-corrected chi connectivity index (χ4v) is 3.95. The van der Waals surface area contributed by atoms with Crippen LogP contribution in [0.3, 0.4) is 0 Å². The number of amides is 3. The molecule has 3 N–H and O–H groups in total. The summed E-state index contributed by atoms with van der Waals surface area (Å²) in [5, 5.41) is 2.90. The number of carbonyl (C=O) groups excluding carboxylic acids is 3. The molecule has 0 radical (unpaired) electrons. The Hall–Kier alpha value is -2.97. The number of ether oxygens (including phenoxy) is 1. The summed E-state index contributed by atoms with van der Waals surface area (Å²) in [5.41, 5.74) is 7.64. The standard InChI is InChI=1S/C23H35N5O4/c1-23(2,3)32-22(31)28-14-12-26(13-15-28)19-8-7-17(16-18(19)24)21(30)25-9-5-11-27-10-4-6-20(27)29/h7-8,16H,4-6,9-15,24H2,1-3H3,(H,25,30). The van der Waals surface area contributed by atoms with Crippen molar-refractivity contribution in [2.75, 3.05) is 56.4 Å². The number of benzene rings is 1. The summed E-state index contributed by atoms with van der Waals surface area (Å²) in [7, 11) is 0. The highest BCUT2D eigenvalue weighted by molar-refractivity contribution is 5.96. The highest BCUT2D eigenvalue weighted by Crippen LogP contribution is 2.26. The number of hydrogen-bond donors (Lipinski definition) is 2. The normalized spacial score (nSPS) is 17.0. The van der Waals surface area contributed by atoms with Gasteiger partial charge in [0.15, 0.2) is 0 Å². The highest BCUT2D eigenvalue weighted by atomic mass is 16.6. The smallest absolute Gasteiger partial charge is 0.410 e. The summed E-state index contributed by atoms with van der Waals surface area (Å²) in [4.78, 5) is 42.0. The number of hydrogen-bond acceptors (Lipinski definition) is 6. The molecule has 2 saturated heterocycles. The lowest BCUT2D eigenvalue weighted by Crippen LogP contribution is -2.50. The SMILES string of the molecule is CC(C)(C)OC(=O)N1CCN(c2ccc(C(=O)NCCCN3CCCC3=O)cc2N)CC1. The van der Waals surface area contributed by atoms with Crippen LogP contribution in [0.5, 0.6) is 0 Å². The molecule has 2 aliphatic heterocycles. The van der Waals surface area contributed by atoms with Crippen LogP contribution in [0.15, 0.2) is 18.2 Å². The van der Waals surface area contributed by atoms with Gasteiger partial charge < -0.3 is 30.5 Å². The Bertz CT molecular complexity index is 843. The molecule has 2 heterocycles. The molecular formula is C23H35N5O4. The van der Waals surface area contributed by atoms with Gasteiger partial charge in [0.05, 0.1) is 11.4 Å². The number of anilines is 2. The van der Waals surface area contributed by atoms with Crippen molar-refractivity contribution < 1.29 is 19.1 Å². The Morgan fingerprint density at radius 3 is 2.44 bits per heavy atom. The largest absolute Gasteiger partial charge is 0.444 e. The zero-order chi connectivity index (χ0) is 23.3. The zero-order valence-corrected chi connectivity index (χ0v) is 19.4. The molecule has 0 saturated carbocycles. The number of rotatable bonds is 6. The van der Waals surface area contributed by atoms with E-state index in [0.29, 0.717) is 56.9 Å². The van der Waals surface area contributed by atoms with Gasteiger partial charge in [-0.1, -0.05) is 0 Å². The second-order valence-electron chi connectivity index (χ2n) is 9.32. The number of nitrogens with one attached hydrogen (secondary N) is 1. The van der Waals surface area contributed by atoms with Crippen LogP contribution in [0.25, 0.3) is 0 Å². The minimum absolute atomic E-state index is 0.175. The molecule has 2 fully saturated rings. The lowest BCUT2D eigenvalue weighted by molar-refractivity contribution is -0.127. The molecule has 3 amide bonds. The third-order valence-electron chi connectivity index (χ3n) is 5.62. The number of nitrogens with two attached hydrogens (primary N) is 1. The van der Waals surface area contributed by atoms with E-state index in [2.05, 4.69) is 10.2 Å². The molecule has 9 heteroatoms. The van der Waals surface area contributed by atoms with Crippen molar-refractivity contribution in [2.45, 2.75) is 45.6 Å². The van der Waals surface area contributed by atoms with Crippen LogP contribution in [0.4, 0.5) is 16.2 Å². The second kappa shape index (κ2) is 10.1. The van der Waals surface area contributed by atoms with Gasteiger partial charge in [0.1, 0.15) is 5.60 Å². The second-order valence-corrected chi connectivity index (χ2v) is 9.32. The van der Waals surface area contributed by atoms with E-state index in [-0.39, 0.29) is 17.9 Å². The molecule has 0 atom stereocenters. The van der Waals surface area contributed by atoms with Gasteiger partial charge in [-0.25, -0.2) is 4.79 Å². The minimum atomic E-state index is -0.513. The van der Waals surface area contributed by atoms with Crippen LogP contribution < -0.4 is 16.0 Å². The van der Waals surface area contributed by atoms with E-state index < -0.39 is 5.60 Å². The molecule has 0 spiro atoms. The first-order valence-electron chi connectivity index (χ1n) is 11.3. The molecule has 0 bridgehead atoms. The number of carbonyl (C=O) groups is 3. The van der Waals surface area contributed by atoms with Crippen molar-refractivity contribution in [3.05, 3.63) is 23.8 Å². The molecule has 32 heavy (non-hydrogen) atoms. The van der Waals surface area contributed by atoms with Crippen molar-refractivity contribution in [3.8, 4) is 0 Å². The topological polar surface area (TPSA) is 108 Å². The maximum absolute atomic E-state index is 12.5. The van der Waals surface area contributed by atoms with Crippen LogP contribution in [-0.2, 0) is 9.53 Å². The van der Waals surface area contributed by atoms with Crippen LogP contribution >= 0.6 is 0 Å². The summed E-state index contributed by atoms with van der Waals surface area (Å²) in [5.74, 6) is 0.0253. The van der Waals surface area contributed by atoms with E-state index in [1.807, 2.05) is 31.7 Å². The molecule has 0 aromatic heterocycles. The first kappa shape index (κ1) is 23.7. The van der Waals surface area contributed by atoms with E-state index in [1.165, 1.54) is 0 Å². The highest BCUT2D eigenvalue weighted by Gasteiger charge is 2.26. The van der Waals surface area contributed by atoms with E-state index >= 15 is 0 Å². The van der Waals surface area contributed by atoms with Gasteiger partial charge in [-0.15, -0.1) is 0 Å². The molecule has 0 aliphatic carbocycles. The molecule has 3 rings (SSSR count). The zero-order valence-electron chi connectivity index (χ0n) is 19.4. The summed E-state index contributed by atoms with van der Waals surface area (Å²) in [6.07, 6.45) is 1.99. The van der Waals surface area contributed by atoms with Gasteiger partial charge in [0.2, 0.25) is 5.91 Å². The molecule has 9 nitrogen and oxygen atoms in total. The summed E-state index contributed by atoms with van der Waals surface area (Å²) in [6, 6.07) is 5.32. The van der Waals surface area contributed by atoms with E-state index in [0.717, 1.165) is 25.1 Å². The fraction of sp³-hybridized carbons (Fsp3) is 0.609. The Labute approximate surface area is 189 Å². The van der Waals surface area contributed by atoms with Crippen LogP contribution in [0.1, 0.15) is 50.4 Å². The number of nitrogens with zero attached hydrogens (tertiary/aromatic N) is 3. The fourth-order valence-electron chi connectivity index (χ4n) is 3.95. The Morgan fingerprint density at radius 2 is 1.84 bits per heavy atom. The quantitative estimate of drug-likeness (QED) is 0.513. The number of piperazine rings is 1. The molecular weight excluding hydrogens is 410 g/mol. The van der Waals surface area contributed by atoms with Gasteiger partial charge in [0, 0.05) is 57.8 Å². The van der Waals surface area contributed by atoms with Crippen LogP contribution in [0, 0.1) is 0 Å². The van der Waals surface area contributed by atoms with Crippen molar-refractivity contribution in [1.82, 2.24) is 15.1 Å². The first-order valence-corrected chi connectivity index (χ1v) is 11.3. The van der Waals surface area contributed by atoms with Gasteiger partial charge in [-0.2, -0.15) is 0 Å². The van der Waals surface area contributed by atoms with Crippen molar-refractivity contribution in [2.24, 2.45) is 0 Å². The van der Waals surface area contributed by atoms with E-state index in [9.17, 15) is 14.4 Å². The summed E-state index contributed by atoms with van der Waals surface area (Å²) < 4.78 is 5.44. The number of likely N-dealkylation sites (tertiary alicyclic amines) is 1. The Kier molecular flexibility index (Phi) is 7.48. The summed E-state index contributed by atoms with van der Waals surface area (Å²) in [6.45, 7) is 9.96. The molecule has 2 aliphatic rings. The Morgan fingerprint density at radius 1 is 1.12 bits per heavy atom. The van der Waals surface area contributed by atoms with Gasteiger partial charge >= 0.3 is 6.09 Å². The predicted molar refractivity (Wildman–Crippen MR) is 124 cm³/mol. The molecule has 1 aromatic rings. The van der Waals surface area contributed by atoms with Gasteiger partial charge in [-0.05, 0) is 51.8 Å².